The van der Waals surface area contributed by atoms with E-state index in [0.717, 1.165) is 5.56 Å². The maximum absolute atomic E-state index is 13.8. The molecule has 2 amide bonds. The molecule has 0 radical (unpaired) electrons. The Balaban J connectivity index is 1.50. The molecule has 1 aliphatic rings. The summed E-state index contributed by atoms with van der Waals surface area (Å²) in [5.74, 6) is -0.522. The lowest BCUT2D eigenvalue weighted by Gasteiger charge is -2.07. The van der Waals surface area contributed by atoms with Crippen molar-refractivity contribution in [1.29, 1.82) is 0 Å². The van der Waals surface area contributed by atoms with Gasteiger partial charge in [-0.25, -0.2) is 9.18 Å². The molecular weight excluding hydrogens is 323 g/mol. The molecule has 0 heterocycles. The quantitative estimate of drug-likeness (QED) is 0.875. The van der Waals surface area contributed by atoms with E-state index in [0.29, 0.717) is 24.2 Å². The molecule has 1 aliphatic carbocycles. The monoisotopic (exact) mass is 342 g/mol. The Morgan fingerprint density at radius 2 is 1.88 bits per heavy atom. The predicted octanol–water partition coefficient (Wildman–Crippen LogP) is 3.42. The molecule has 2 aromatic carbocycles. The van der Waals surface area contributed by atoms with Crippen molar-refractivity contribution < 1.29 is 18.7 Å². The summed E-state index contributed by atoms with van der Waals surface area (Å²) in [4.78, 5) is 23.3. The van der Waals surface area contributed by atoms with Gasteiger partial charge in [-0.2, -0.15) is 0 Å². The Labute approximate surface area is 145 Å². The van der Waals surface area contributed by atoms with Crippen LogP contribution >= 0.6 is 0 Å². The smallest absolute Gasteiger partial charge is 0.411 e. The summed E-state index contributed by atoms with van der Waals surface area (Å²) in [5.41, 5.74) is 2.14. The first-order valence-electron chi connectivity index (χ1n) is 8.04. The van der Waals surface area contributed by atoms with Gasteiger partial charge in [0.2, 0.25) is 5.91 Å². The van der Waals surface area contributed by atoms with Gasteiger partial charge < -0.3 is 10.1 Å². The number of carbonyl (C=O) groups is 2. The van der Waals surface area contributed by atoms with Gasteiger partial charge in [0.05, 0.1) is 7.11 Å². The minimum Gasteiger partial charge on any atom is -0.453 e. The maximum Gasteiger partial charge on any atom is 0.411 e. The number of rotatable bonds is 5. The van der Waals surface area contributed by atoms with Crippen LogP contribution in [0.5, 0.6) is 0 Å². The van der Waals surface area contributed by atoms with Crippen molar-refractivity contribution in [2.75, 3.05) is 12.4 Å². The fourth-order valence-electron chi connectivity index (χ4n) is 2.80. The number of hydrogen-bond donors (Lipinski definition) is 2. The molecular formula is C19H19FN2O3. The highest BCUT2D eigenvalue weighted by atomic mass is 19.1. The first kappa shape index (κ1) is 17.0. The van der Waals surface area contributed by atoms with Gasteiger partial charge in [-0.3, -0.25) is 10.1 Å². The molecule has 25 heavy (non-hydrogen) atoms. The van der Waals surface area contributed by atoms with Crippen LogP contribution < -0.4 is 10.6 Å². The Morgan fingerprint density at radius 3 is 2.56 bits per heavy atom. The highest BCUT2D eigenvalue weighted by Gasteiger charge is 2.44. The molecule has 1 fully saturated rings. The van der Waals surface area contributed by atoms with Crippen LogP contribution in [0.4, 0.5) is 14.9 Å². The van der Waals surface area contributed by atoms with Gasteiger partial charge in [0, 0.05) is 18.2 Å². The zero-order valence-corrected chi connectivity index (χ0v) is 13.8. The van der Waals surface area contributed by atoms with Crippen LogP contribution in [0.15, 0.2) is 48.5 Å². The normalized spacial score (nSPS) is 18.3. The Kier molecular flexibility index (Phi) is 4.97. The summed E-state index contributed by atoms with van der Waals surface area (Å²) in [6.45, 7) is 0.387. The SMILES string of the molecule is COC(=O)Nc1ccc(CNC(=O)[C@@H]2C[C@H]2c2ccccc2F)cc1. The maximum atomic E-state index is 13.8. The molecule has 3 rings (SSSR count). The van der Waals surface area contributed by atoms with Crippen molar-refractivity contribution in [1.82, 2.24) is 5.32 Å². The summed E-state index contributed by atoms with van der Waals surface area (Å²) in [6.07, 6.45) is 0.142. The Bertz CT molecular complexity index is 776. The summed E-state index contributed by atoms with van der Waals surface area (Å²) in [6, 6.07) is 13.7. The van der Waals surface area contributed by atoms with Gasteiger partial charge in [0.25, 0.3) is 0 Å². The molecule has 2 aromatic rings. The molecule has 0 bridgehead atoms. The lowest BCUT2D eigenvalue weighted by molar-refractivity contribution is -0.122. The average Bonchev–Trinajstić information content (AvgIpc) is 3.42. The van der Waals surface area contributed by atoms with Crippen LogP contribution in [0.2, 0.25) is 0 Å². The molecule has 1 saturated carbocycles. The fraction of sp³-hybridized carbons (Fsp3) is 0.263. The van der Waals surface area contributed by atoms with Crippen molar-refractivity contribution >= 4 is 17.7 Å². The number of benzene rings is 2. The van der Waals surface area contributed by atoms with Gasteiger partial charge in [0.15, 0.2) is 0 Å². The molecule has 0 spiro atoms. The number of nitrogens with one attached hydrogen (secondary N) is 2. The molecule has 0 aliphatic heterocycles. The van der Waals surface area contributed by atoms with Crippen LogP contribution in [-0.4, -0.2) is 19.1 Å². The second-order valence-electron chi connectivity index (χ2n) is 6.00. The molecule has 0 saturated heterocycles. The lowest BCUT2D eigenvalue weighted by Crippen LogP contribution is -2.24. The van der Waals surface area contributed by atoms with E-state index >= 15 is 0 Å². The number of halogens is 1. The van der Waals surface area contributed by atoms with Crippen molar-refractivity contribution in [3.05, 3.63) is 65.5 Å². The molecule has 5 nitrogen and oxygen atoms in total. The summed E-state index contributed by atoms with van der Waals surface area (Å²) < 4.78 is 18.3. The van der Waals surface area contributed by atoms with Crippen LogP contribution in [0.25, 0.3) is 0 Å². The van der Waals surface area contributed by atoms with E-state index in [4.69, 9.17) is 0 Å². The molecule has 0 aromatic heterocycles. The van der Waals surface area contributed by atoms with Gasteiger partial charge in [0.1, 0.15) is 5.82 Å². The second-order valence-corrected chi connectivity index (χ2v) is 6.00. The van der Waals surface area contributed by atoms with Gasteiger partial charge >= 0.3 is 6.09 Å². The first-order valence-corrected chi connectivity index (χ1v) is 8.04. The van der Waals surface area contributed by atoms with E-state index in [1.54, 1.807) is 30.3 Å². The largest absolute Gasteiger partial charge is 0.453 e. The van der Waals surface area contributed by atoms with Crippen LogP contribution in [0.3, 0.4) is 0 Å². The van der Waals surface area contributed by atoms with Crippen LogP contribution in [-0.2, 0) is 16.1 Å². The Morgan fingerprint density at radius 1 is 1.16 bits per heavy atom. The van der Waals surface area contributed by atoms with E-state index in [2.05, 4.69) is 15.4 Å². The van der Waals surface area contributed by atoms with Crippen molar-refractivity contribution in [3.8, 4) is 0 Å². The minimum atomic E-state index is -0.533. The van der Waals surface area contributed by atoms with Gasteiger partial charge in [-0.1, -0.05) is 30.3 Å². The van der Waals surface area contributed by atoms with E-state index in [1.807, 2.05) is 12.1 Å². The third-order valence-corrected chi connectivity index (χ3v) is 4.28. The molecule has 0 unspecified atom stereocenters. The van der Waals surface area contributed by atoms with E-state index in [-0.39, 0.29) is 23.6 Å². The van der Waals surface area contributed by atoms with E-state index in [1.165, 1.54) is 13.2 Å². The number of hydrogen-bond acceptors (Lipinski definition) is 3. The van der Waals surface area contributed by atoms with Gasteiger partial charge in [-0.05, 0) is 41.7 Å². The molecule has 6 heteroatoms. The summed E-state index contributed by atoms with van der Waals surface area (Å²) in [5, 5.41) is 5.44. The zero-order chi connectivity index (χ0) is 17.8. The van der Waals surface area contributed by atoms with Crippen LogP contribution in [0, 0.1) is 11.7 Å². The molecule has 130 valence electrons. The highest BCUT2D eigenvalue weighted by Crippen LogP contribution is 2.48. The van der Waals surface area contributed by atoms with Crippen molar-refractivity contribution in [2.24, 2.45) is 5.92 Å². The number of anilines is 1. The fourth-order valence-corrected chi connectivity index (χ4v) is 2.80. The van der Waals surface area contributed by atoms with Crippen LogP contribution in [0.1, 0.15) is 23.5 Å². The number of carbonyl (C=O) groups excluding carboxylic acids is 2. The summed E-state index contributed by atoms with van der Waals surface area (Å²) >= 11 is 0. The van der Waals surface area contributed by atoms with E-state index < -0.39 is 6.09 Å². The van der Waals surface area contributed by atoms with Gasteiger partial charge in [-0.15, -0.1) is 0 Å². The highest BCUT2D eigenvalue weighted by molar-refractivity contribution is 5.84. The standard InChI is InChI=1S/C19H19FN2O3/c1-25-19(24)22-13-8-6-12(7-9-13)11-21-18(23)16-10-15(16)14-4-2-3-5-17(14)20/h2-9,15-16H,10-11H2,1H3,(H,21,23)(H,22,24)/t15-,16+/m0/s1. The van der Waals surface area contributed by atoms with Crippen molar-refractivity contribution in [2.45, 2.75) is 18.9 Å². The molecule has 2 atom stereocenters. The minimum absolute atomic E-state index is 0.0344. The van der Waals surface area contributed by atoms with E-state index in [9.17, 15) is 14.0 Å². The number of methoxy groups -OCH3 is 1. The third kappa shape index (κ3) is 4.15. The summed E-state index contributed by atoms with van der Waals surface area (Å²) in [7, 11) is 1.30. The second kappa shape index (κ2) is 7.34. The Hall–Kier alpha value is -2.89. The lowest BCUT2D eigenvalue weighted by atomic mass is 10.1. The third-order valence-electron chi connectivity index (χ3n) is 4.28. The average molecular weight is 342 g/mol. The topological polar surface area (TPSA) is 67.4 Å². The zero-order valence-electron chi connectivity index (χ0n) is 13.8. The molecule has 2 N–H and O–H groups in total. The predicted molar refractivity (Wildman–Crippen MR) is 91.6 cm³/mol. The number of amides is 2. The number of ether oxygens (including phenoxy) is 1. The van der Waals surface area contributed by atoms with Crippen molar-refractivity contribution in [3.63, 3.8) is 0 Å². The first-order chi connectivity index (χ1) is 12.1.